The summed E-state index contributed by atoms with van der Waals surface area (Å²) in [7, 11) is -9.81. The Morgan fingerprint density at radius 1 is 0.902 bits per heavy atom. The summed E-state index contributed by atoms with van der Waals surface area (Å²) in [5, 5.41) is 0.400. The van der Waals surface area contributed by atoms with E-state index in [0.717, 1.165) is 69.9 Å². The minimum atomic E-state index is -9.81. The molecule has 0 spiro atoms. The molecule has 0 saturated carbocycles. The third-order valence-electron chi connectivity index (χ3n) is 6.75. The Hall–Kier alpha value is -3.15. The lowest BCUT2D eigenvalue weighted by atomic mass is 10.1. The zero-order valence-corrected chi connectivity index (χ0v) is 24.0. The van der Waals surface area contributed by atoms with Gasteiger partial charge in [-0.2, -0.15) is 0 Å². The van der Waals surface area contributed by atoms with Gasteiger partial charge in [-0.1, -0.05) is 83.9 Å². The van der Waals surface area contributed by atoms with Crippen molar-refractivity contribution < 1.29 is 38.1 Å². The topological polar surface area (TPSA) is 78.6 Å². The fourth-order valence-corrected chi connectivity index (χ4v) is 4.74. The first-order chi connectivity index (χ1) is 19.2. The number of halogens is 5. The summed E-state index contributed by atoms with van der Waals surface area (Å²) in [4.78, 5) is 26.2. The third-order valence-corrected chi connectivity index (χ3v) is 7.91. The van der Waals surface area contributed by atoms with Gasteiger partial charge in [-0.3, -0.25) is 4.79 Å². The van der Waals surface area contributed by atoms with Crippen molar-refractivity contribution in [2.75, 3.05) is 13.2 Å². The summed E-state index contributed by atoms with van der Waals surface area (Å²) in [6.45, 7) is 4.75. The number of unbranched alkanes of at least 4 members (excludes halogenated alkanes) is 7. The molecule has 1 atom stereocenters. The molecule has 6 nitrogen and oxygen atoms in total. The number of benzene rings is 1. The van der Waals surface area contributed by atoms with E-state index < -0.39 is 20.7 Å². The number of carbonyl (C=O) groups excluding carboxylic acids is 1. The Morgan fingerprint density at radius 2 is 1.49 bits per heavy atom. The highest BCUT2D eigenvalue weighted by Crippen LogP contribution is 3.02. The Labute approximate surface area is 236 Å². The molecule has 3 rings (SSSR count). The van der Waals surface area contributed by atoms with Crippen LogP contribution in [0.25, 0.3) is 22.1 Å². The monoisotopic (exact) mass is 605 g/mol. The summed E-state index contributed by atoms with van der Waals surface area (Å²) in [6.07, 6.45) is 10.3. The van der Waals surface area contributed by atoms with Gasteiger partial charge >= 0.3 is 21.8 Å². The first-order valence-electron chi connectivity index (χ1n) is 13.8. The first kappa shape index (κ1) is 32.4. The number of pyridine rings is 1. The fraction of sp³-hybridized carbons (Fsp3) is 0.483. The molecule has 2 aromatic heterocycles. The van der Waals surface area contributed by atoms with Gasteiger partial charge in [-0.05, 0) is 43.0 Å². The molecule has 0 aliphatic rings. The van der Waals surface area contributed by atoms with Crippen LogP contribution in [0, 0.1) is 5.92 Å². The Balaban J connectivity index is 1.39. The van der Waals surface area contributed by atoms with Crippen molar-refractivity contribution in [1.29, 1.82) is 0 Å². The minimum Gasteiger partial charge on any atom is -0.478 e. The van der Waals surface area contributed by atoms with Crippen LogP contribution < -0.4 is 10.4 Å². The number of hydrogen-bond acceptors (Lipinski definition) is 6. The van der Waals surface area contributed by atoms with Crippen LogP contribution in [-0.2, 0) is 9.53 Å². The van der Waals surface area contributed by atoms with Gasteiger partial charge in [-0.25, -0.2) is 9.78 Å². The van der Waals surface area contributed by atoms with Crippen LogP contribution in [0.5, 0.6) is 5.88 Å². The number of esters is 1. The fourth-order valence-electron chi connectivity index (χ4n) is 4.09. The predicted octanol–water partition coefficient (Wildman–Crippen LogP) is 9.60. The van der Waals surface area contributed by atoms with Crippen molar-refractivity contribution in [2.45, 2.75) is 76.5 Å². The van der Waals surface area contributed by atoms with E-state index in [2.05, 4.69) is 4.98 Å². The zero-order valence-electron chi connectivity index (χ0n) is 23.2. The van der Waals surface area contributed by atoms with Crippen LogP contribution in [-0.4, -0.2) is 24.2 Å². The maximum atomic E-state index is 13.0. The van der Waals surface area contributed by atoms with E-state index in [-0.39, 0.29) is 46.6 Å². The van der Waals surface area contributed by atoms with Crippen molar-refractivity contribution in [3.63, 3.8) is 0 Å². The highest BCUT2D eigenvalue weighted by atomic mass is 32.5. The van der Waals surface area contributed by atoms with Crippen LogP contribution in [0.15, 0.2) is 56.7 Å². The van der Waals surface area contributed by atoms with Gasteiger partial charge in [0, 0.05) is 17.6 Å². The quantitative estimate of drug-likeness (QED) is 0.0919. The van der Waals surface area contributed by atoms with E-state index >= 15 is 0 Å². The van der Waals surface area contributed by atoms with E-state index in [0.29, 0.717) is 18.6 Å². The maximum Gasteiger partial charge on any atom is 0.344 e. The highest BCUT2D eigenvalue weighted by molar-refractivity contribution is 8.45. The number of hydrogen-bond donors (Lipinski definition) is 0. The second-order valence-corrected chi connectivity index (χ2v) is 12.6. The molecule has 0 fully saturated rings. The third kappa shape index (κ3) is 10.0. The number of carbonyl (C=O) groups is 1. The lowest BCUT2D eigenvalue weighted by Crippen LogP contribution is -2.14. The van der Waals surface area contributed by atoms with Crippen molar-refractivity contribution >= 4 is 27.2 Å². The summed E-state index contributed by atoms with van der Waals surface area (Å²) in [5.41, 5.74) is -0.718. The van der Waals surface area contributed by atoms with Crippen LogP contribution in [0.1, 0.15) is 71.6 Å². The molecular weight excluding hydrogens is 569 g/mol. The summed E-state index contributed by atoms with van der Waals surface area (Å²) >= 11 is 0. The van der Waals surface area contributed by atoms with E-state index in [1.165, 1.54) is 18.3 Å². The van der Waals surface area contributed by atoms with Gasteiger partial charge < -0.3 is 13.9 Å². The van der Waals surface area contributed by atoms with Crippen molar-refractivity contribution in [1.82, 2.24) is 4.98 Å². The van der Waals surface area contributed by atoms with Crippen molar-refractivity contribution in [3.8, 4) is 17.0 Å². The van der Waals surface area contributed by atoms with E-state index in [1.807, 2.05) is 13.8 Å². The van der Waals surface area contributed by atoms with Gasteiger partial charge in [-0.15, -0.1) is 0 Å². The Morgan fingerprint density at radius 3 is 2.07 bits per heavy atom. The molecule has 0 radical (unpaired) electrons. The molecule has 0 saturated heterocycles. The molecule has 0 aliphatic carbocycles. The SMILES string of the molecule is CCC(C)C(=O)OCCCCCCCCCCOc1cc2oc(=O)c(-c3ccc(S(F)(F)(F)(F)F)cc3)cc2cn1. The molecule has 228 valence electrons. The largest absolute Gasteiger partial charge is 0.478 e. The molecule has 41 heavy (non-hydrogen) atoms. The first-order valence-corrected chi connectivity index (χ1v) is 15.7. The molecule has 3 aromatic rings. The number of ether oxygens (including phenoxy) is 2. The lowest BCUT2D eigenvalue weighted by molar-refractivity contribution is -0.148. The van der Waals surface area contributed by atoms with Crippen LogP contribution in [0.3, 0.4) is 0 Å². The van der Waals surface area contributed by atoms with Gasteiger partial charge in [0.15, 0.2) is 0 Å². The molecule has 1 unspecified atom stereocenters. The summed E-state index contributed by atoms with van der Waals surface area (Å²) in [6, 6.07) is 4.97. The number of nitrogens with zero attached hydrogens (tertiary/aromatic N) is 1. The van der Waals surface area contributed by atoms with Gasteiger partial charge in [0.25, 0.3) is 0 Å². The van der Waals surface area contributed by atoms with Gasteiger partial charge in [0.1, 0.15) is 10.5 Å². The minimum absolute atomic E-state index is 0.00848. The van der Waals surface area contributed by atoms with E-state index in [4.69, 9.17) is 13.9 Å². The number of rotatable bonds is 16. The van der Waals surface area contributed by atoms with Crippen LogP contribution in [0.4, 0.5) is 19.4 Å². The number of aromatic nitrogens is 1. The molecule has 2 heterocycles. The van der Waals surface area contributed by atoms with E-state index in [1.54, 1.807) is 0 Å². The van der Waals surface area contributed by atoms with E-state index in [9.17, 15) is 29.0 Å². The molecule has 0 amide bonds. The standard InChI is InChI=1S/C29H36F5NO5S/c1-3-21(2)28(36)39-17-11-9-7-5-4-6-8-10-16-38-27-19-26-23(20-35-27)18-25(29(37)40-26)22-12-14-24(15-13-22)41(30,31,32,33)34/h12-15,18-21H,3-11,16-17H2,1-2H3. The normalized spacial score (nSPS) is 14.3. The maximum absolute atomic E-state index is 13.0. The number of fused-ring (bicyclic) bond motifs is 1. The van der Waals surface area contributed by atoms with Gasteiger partial charge in [0.05, 0.1) is 24.7 Å². The molecule has 12 heteroatoms. The zero-order chi connectivity index (χ0) is 30.2. The Bertz CT molecular complexity index is 1380. The second-order valence-electron chi connectivity index (χ2n) is 10.2. The highest BCUT2D eigenvalue weighted by Gasteiger charge is 2.65. The molecule has 0 bridgehead atoms. The van der Waals surface area contributed by atoms with Crippen molar-refractivity contribution in [2.24, 2.45) is 5.92 Å². The average molecular weight is 606 g/mol. The summed E-state index contributed by atoms with van der Waals surface area (Å²) < 4.78 is 81.0. The smallest absolute Gasteiger partial charge is 0.344 e. The molecule has 0 N–H and O–H groups in total. The second kappa shape index (κ2) is 12.8. The lowest BCUT2D eigenvalue weighted by Gasteiger charge is -2.40. The Kier molecular flexibility index (Phi) is 10.1. The van der Waals surface area contributed by atoms with Crippen LogP contribution in [0.2, 0.25) is 0 Å². The average Bonchev–Trinajstić information content (AvgIpc) is 2.91. The van der Waals surface area contributed by atoms with Gasteiger partial charge in [0.2, 0.25) is 5.88 Å². The molecule has 0 aliphatic heterocycles. The molecule has 1 aromatic carbocycles. The predicted molar refractivity (Wildman–Crippen MR) is 150 cm³/mol. The van der Waals surface area contributed by atoms with Crippen LogP contribution >= 0.6 is 10.2 Å². The van der Waals surface area contributed by atoms with Crippen molar-refractivity contribution in [3.05, 3.63) is 53.0 Å². The summed E-state index contributed by atoms with van der Waals surface area (Å²) in [5.74, 6) is 0.101. The molecular formula is C29H36F5NO5S.